The lowest BCUT2D eigenvalue weighted by molar-refractivity contribution is 0.0940. The highest BCUT2D eigenvalue weighted by Gasteiger charge is 2.12. The van der Waals surface area contributed by atoms with E-state index in [0.717, 1.165) is 0 Å². The molecule has 0 aliphatic carbocycles. The molecule has 0 fully saturated rings. The van der Waals surface area contributed by atoms with Gasteiger partial charge in [0.1, 0.15) is 0 Å². The van der Waals surface area contributed by atoms with Gasteiger partial charge in [0.05, 0.1) is 10.6 Å². The molecule has 0 heterocycles. The zero-order chi connectivity index (χ0) is 12.1. The van der Waals surface area contributed by atoms with E-state index in [1.54, 1.807) is 24.3 Å². The molecule has 1 amide bonds. The van der Waals surface area contributed by atoms with Crippen LogP contribution in [0.4, 0.5) is 5.69 Å². The number of hydrogen-bond acceptors (Lipinski definition) is 2. The summed E-state index contributed by atoms with van der Waals surface area (Å²) in [6.07, 6.45) is 2.47. The smallest absolute Gasteiger partial charge is 0.253 e. The first-order valence-electron chi connectivity index (χ1n) is 5.01. The van der Waals surface area contributed by atoms with Crippen molar-refractivity contribution in [1.29, 1.82) is 0 Å². The maximum absolute atomic E-state index is 11.8. The minimum atomic E-state index is -0.216. The maximum Gasteiger partial charge on any atom is 0.253 e. The summed E-state index contributed by atoms with van der Waals surface area (Å²) in [7, 11) is 0. The van der Waals surface area contributed by atoms with Gasteiger partial charge >= 0.3 is 0 Å². The van der Waals surface area contributed by atoms with Crippen molar-refractivity contribution in [2.24, 2.45) is 0 Å². The quantitative estimate of drug-likeness (QED) is 0.626. The minimum Gasteiger partial charge on any atom is -0.399 e. The molecule has 0 saturated carbocycles. The Morgan fingerprint density at radius 2 is 2.38 bits per heavy atom. The van der Waals surface area contributed by atoms with E-state index in [1.165, 1.54) is 0 Å². The molecule has 0 aliphatic rings. The second-order valence-corrected chi connectivity index (χ2v) is 4.05. The Labute approximate surface area is 100 Å². The van der Waals surface area contributed by atoms with Gasteiger partial charge in [-0.1, -0.05) is 17.7 Å². The van der Waals surface area contributed by atoms with Gasteiger partial charge in [0.25, 0.3) is 5.91 Å². The van der Waals surface area contributed by atoms with Gasteiger partial charge in [-0.15, -0.1) is 6.58 Å². The number of anilines is 1. The summed E-state index contributed by atoms with van der Waals surface area (Å²) in [5.41, 5.74) is 6.52. The third-order valence-electron chi connectivity index (χ3n) is 2.13. The van der Waals surface area contributed by atoms with Crippen LogP contribution < -0.4 is 11.1 Å². The number of carbonyl (C=O) groups is 1. The van der Waals surface area contributed by atoms with Gasteiger partial charge in [-0.2, -0.15) is 0 Å². The van der Waals surface area contributed by atoms with Crippen molar-refractivity contribution in [3.63, 3.8) is 0 Å². The van der Waals surface area contributed by atoms with Crippen molar-refractivity contribution in [3.05, 3.63) is 41.4 Å². The largest absolute Gasteiger partial charge is 0.399 e. The Morgan fingerprint density at radius 3 is 3.00 bits per heavy atom. The molecule has 1 atom stereocenters. The normalized spacial score (nSPS) is 11.9. The van der Waals surface area contributed by atoms with Crippen LogP contribution in [0.2, 0.25) is 5.02 Å². The topological polar surface area (TPSA) is 55.1 Å². The summed E-state index contributed by atoms with van der Waals surface area (Å²) in [5, 5.41) is 3.22. The second kappa shape index (κ2) is 5.56. The predicted molar refractivity (Wildman–Crippen MR) is 67.6 cm³/mol. The van der Waals surface area contributed by atoms with E-state index in [0.29, 0.717) is 22.7 Å². The summed E-state index contributed by atoms with van der Waals surface area (Å²) >= 11 is 5.92. The van der Waals surface area contributed by atoms with Gasteiger partial charge in [-0.25, -0.2) is 0 Å². The molecule has 3 nitrogen and oxygen atoms in total. The van der Waals surface area contributed by atoms with Crippen LogP contribution in [0.25, 0.3) is 0 Å². The zero-order valence-corrected chi connectivity index (χ0v) is 9.92. The van der Waals surface area contributed by atoms with Crippen molar-refractivity contribution in [1.82, 2.24) is 5.32 Å². The van der Waals surface area contributed by atoms with Crippen molar-refractivity contribution in [3.8, 4) is 0 Å². The van der Waals surface area contributed by atoms with Crippen LogP contribution >= 0.6 is 11.6 Å². The number of nitrogens with two attached hydrogens (primary N) is 1. The number of hydrogen-bond donors (Lipinski definition) is 2. The first-order chi connectivity index (χ1) is 7.54. The molecule has 1 aromatic rings. The average Bonchev–Trinajstić information content (AvgIpc) is 2.21. The molecule has 0 saturated heterocycles. The lowest BCUT2D eigenvalue weighted by Crippen LogP contribution is -2.32. The Morgan fingerprint density at radius 1 is 1.69 bits per heavy atom. The van der Waals surface area contributed by atoms with E-state index in [2.05, 4.69) is 11.9 Å². The third-order valence-corrected chi connectivity index (χ3v) is 2.46. The number of benzene rings is 1. The molecule has 86 valence electrons. The SMILES string of the molecule is C=CCC(C)NC(=O)c1cc(N)ccc1Cl. The van der Waals surface area contributed by atoms with Crippen LogP contribution in [-0.2, 0) is 0 Å². The van der Waals surface area contributed by atoms with E-state index in [4.69, 9.17) is 17.3 Å². The van der Waals surface area contributed by atoms with Crippen LogP contribution in [0.15, 0.2) is 30.9 Å². The summed E-state index contributed by atoms with van der Waals surface area (Å²) in [6.45, 7) is 5.52. The fraction of sp³-hybridized carbons (Fsp3) is 0.250. The van der Waals surface area contributed by atoms with E-state index >= 15 is 0 Å². The molecule has 0 radical (unpaired) electrons. The lowest BCUT2D eigenvalue weighted by Gasteiger charge is -2.12. The first kappa shape index (κ1) is 12.6. The number of amides is 1. The minimum absolute atomic E-state index is 0.0301. The van der Waals surface area contributed by atoms with Gasteiger partial charge in [0, 0.05) is 11.7 Å². The molecule has 0 aromatic heterocycles. The van der Waals surface area contributed by atoms with Crippen molar-refractivity contribution >= 4 is 23.2 Å². The van der Waals surface area contributed by atoms with Crippen molar-refractivity contribution in [2.45, 2.75) is 19.4 Å². The van der Waals surface area contributed by atoms with Crippen LogP contribution in [0.1, 0.15) is 23.7 Å². The summed E-state index contributed by atoms with van der Waals surface area (Å²) in [6, 6.07) is 4.87. The number of rotatable bonds is 4. The summed E-state index contributed by atoms with van der Waals surface area (Å²) in [5.74, 6) is -0.216. The Bertz CT molecular complexity index is 404. The Hall–Kier alpha value is -1.48. The van der Waals surface area contributed by atoms with Crippen LogP contribution in [0, 0.1) is 0 Å². The van der Waals surface area contributed by atoms with Gasteiger partial charge < -0.3 is 11.1 Å². The highest BCUT2D eigenvalue weighted by molar-refractivity contribution is 6.34. The van der Waals surface area contributed by atoms with Crippen molar-refractivity contribution in [2.75, 3.05) is 5.73 Å². The van der Waals surface area contributed by atoms with Gasteiger partial charge in [0.15, 0.2) is 0 Å². The monoisotopic (exact) mass is 238 g/mol. The molecule has 16 heavy (non-hydrogen) atoms. The van der Waals surface area contributed by atoms with E-state index in [1.807, 2.05) is 6.92 Å². The zero-order valence-electron chi connectivity index (χ0n) is 9.16. The molecule has 0 bridgehead atoms. The molecule has 4 heteroatoms. The fourth-order valence-corrected chi connectivity index (χ4v) is 1.53. The van der Waals surface area contributed by atoms with E-state index < -0.39 is 0 Å². The van der Waals surface area contributed by atoms with Gasteiger partial charge in [-0.3, -0.25) is 4.79 Å². The van der Waals surface area contributed by atoms with E-state index in [9.17, 15) is 4.79 Å². The number of carbonyl (C=O) groups excluding carboxylic acids is 1. The molecule has 1 unspecified atom stereocenters. The molecular weight excluding hydrogens is 224 g/mol. The van der Waals surface area contributed by atoms with E-state index in [-0.39, 0.29) is 11.9 Å². The molecule has 0 spiro atoms. The second-order valence-electron chi connectivity index (χ2n) is 3.64. The van der Waals surface area contributed by atoms with Gasteiger partial charge in [0.2, 0.25) is 0 Å². The number of halogens is 1. The predicted octanol–water partition coefficient (Wildman–Crippen LogP) is 2.62. The highest BCUT2D eigenvalue weighted by Crippen LogP contribution is 2.18. The van der Waals surface area contributed by atoms with Gasteiger partial charge in [-0.05, 0) is 31.5 Å². The Kier molecular flexibility index (Phi) is 4.38. The van der Waals surface area contributed by atoms with Crippen LogP contribution in [0.3, 0.4) is 0 Å². The molecule has 1 rings (SSSR count). The standard InChI is InChI=1S/C12H15ClN2O/c1-3-4-8(2)15-12(16)10-7-9(14)5-6-11(10)13/h3,5-8H,1,4,14H2,2H3,(H,15,16). The fourth-order valence-electron chi connectivity index (χ4n) is 1.33. The Balaban J connectivity index is 2.80. The maximum atomic E-state index is 11.8. The molecule has 0 aliphatic heterocycles. The third kappa shape index (κ3) is 3.28. The molecule has 3 N–H and O–H groups in total. The highest BCUT2D eigenvalue weighted by atomic mass is 35.5. The molecular formula is C12H15ClN2O. The first-order valence-corrected chi connectivity index (χ1v) is 5.39. The van der Waals surface area contributed by atoms with Crippen LogP contribution in [0.5, 0.6) is 0 Å². The number of nitrogen functional groups attached to an aromatic ring is 1. The molecule has 1 aromatic carbocycles. The number of nitrogens with one attached hydrogen (secondary N) is 1. The van der Waals surface area contributed by atoms with Crippen molar-refractivity contribution < 1.29 is 4.79 Å². The van der Waals surface area contributed by atoms with Crippen LogP contribution in [-0.4, -0.2) is 11.9 Å². The summed E-state index contributed by atoms with van der Waals surface area (Å²) < 4.78 is 0. The lowest BCUT2D eigenvalue weighted by atomic mass is 10.1. The summed E-state index contributed by atoms with van der Waals surface area (Å²) in [4.78, 5) is 11.8. The average molecular weight is 239 g/mol.